The second kappa shape index (κ2) is 9.06. The lowest BCUT2D eigenvalue weighted by atomic mass is 9.86. The molecule has 0 spiro atoms. The van der Waals surface area contributed by atoms with Crippen LogP contribution in [-0.4, -0.2) is 43.9 Å². The van der Waals surface area contributed by atoms with Crippen molar-refractivity contribution in [1.29, 1.82) is 0 Å². The molecule has 7 heteroatoms. The minimum Gasteiger partial charge on any atom is -0.381 e. The molecule has 32 heavy (non-hydrogen) atoms. The Balaban J connectivity index is 1.48. The summed E-state index contributed by atoms with van der Waals surface area (Å²) in [7, 11) is 1.75. The summed E-state index contributed by atoms with van der Waals surface area (Å²) in [5, 5.41) is 3.44. The fraction of sp³-hybridized carbons (Fsp3) is 0.520. The van der Waals surface area contributed by atoms with Crippen LogP contribution in [0.2, 0.25) is 0 Å². The van der Waals surface area contributed by atoms with Crippen LogP contribution >= 0.6 is 0 Å². The summed E-state index contributed by atoms with van der Waals surface area (Å²) in [6, 6.07) is 10.1. The number of nitrogens with one attached hydrogen (secondary N) is 1. The van der Waals surface area contributed by atoms with Gasteiger partial charge in [-0.25, -0.2) is 4.98 Å². The summed E-state index contributed by atoms with van der Waals surface area (Å²) in [6.45, 7) is 1.78. The highest BCUT2D eigenvalue weighted by Crippen LogP contribution is 2.40. The molecule has 1 amide bonds. The van der Waals surface area contributed by atoms with Crippen molar-refractivity contribution in [3.8, 4) is 0 Å². The van der Waals surface area contributed by atoms with E-state index in [2.05, 4.69) is 27.3 Å². The average Bonchev–Trinajstić information content (AvgIpc) is 3.26. The largest absolute Gasteiger partial charge is 0.381 e. The summed E-state index contributed by atoms with van der Waals surface area (Å²) >= 11 is 0. The van der Waals surface area contributed by atoms with Crippen molar-refractivity contribution >= 4 is 28.8 Å². The molecule has 3 aliphatic rings. The number of nitrogens with zero attached hydrogens (tertiary/aromatic N) is 3. The van der Waals surface area contributed by atoms with Crippen LogP contribution in [0.15, 0.2) is 36.5 Å². The molecule has 1 saturated carbocycles. The normalized spacial score (nSPS) is 25.0. The fourth-order valence-corrected chi connectivity index (χ4v) is 5.26. The van der Waals surface area contributed by atoms with Gasteiger partial charge in [0.2, 0.25) is 5.91 Å². The van der Waals surface area contributed by atoms with E-state index < -0.39 is 0 Å². The lowest BCUT2D eigenvalue weighted by Gasteiger charge is -2.32. The number of hydrogen-bond acceptors (Lipinski definition) is 5. The zero-order valence-electron chi connectivity index (χ0n) is 18.6. The van der Waals surface area contributed by atoms with Gasteiger partial charge in [0.1, 0.15) is 5.82 Å². The van der Waals surface area contributed by atoms with Gasteiger partial charge in [0, 0.05) is 49.5 Å². The van der Waals surface area contributed by atoms with Crippen LogP contribution in [0.4, 0.5) is 27.3 Å². The molecule has 1 aliphatic carbocycles. The van der Waals surface area contributed by atoms with Gasteiger partial charge in [0.15, 0.2) is 0 Å². The third-order valence-electron chi connectivity index (χ3n) is 7.24. The summed E-state index contributed by atoms with van der Waals surface area (Å²) in [6.07, 6.45) is 6.43. The molecule has 1 atom stereocenters. The van der Waals surface area contributed by atoms with Crippen molar-refractivity contribution in [1.82, 2.24) is 4.98 Å². The molecular formula is C25H31FN4O2. The molecule has 3 heterocycles. The zero-order valence-corrected chi connectivity index (χ0v) is 18.6. The number of alkyl halides is 1. The third kappa shape index (κ3) is 4.06. The quantitative estimate of drug-likeness (QED) is 0.752. The van der Waals surface area contributed by atoms with Crippen molar-refractivity contribution in [3.05, 3.63) is 42.1 Å². The predicted octanol–water partition coefficient (Wildman–Crippen LogP) is 4.67. The van der Waals surface area contributed by atoms with Crippen LogP contribution in [0.3, 0.4) is 0 Å². The molecule has 1 aromatic heterocycles. The van der Waals surface area contributed by atoms with Crippen molar-refractivity contribution in [2.24, 2.45) is 11.8 Å². The van der Waals surface area contributed by atoms with E-state index in [9.17, 15) is 9.18 Å². The molecule has 2 aromatic rings. The Kier molecular flexibility index (Phi) is 6.00. The van der Waals surface area contributed by atoms with Crippen LogP contribution in [-0.2, 0) is 16.1 Å². The lowest BCUT2D eigenvalue weighted by Crippen LogP contribution is -2.38. The number of rotatable bonds is 4. The molecule has 0 bridgehead atoms. The minimum absolute atomic E-state index is 0.00108. The number of halogens is 1. The Morgan fingerprint density at radius 3 is 2.81 bits per heavy atom. The van der Waals surface area contributed by atoms with Crippen LogP contribution in [0.5, 0.6) is 0 Å². The Bertz CT molecular complexity index is 976. The summed E-state index contributed by atoms with van der Waals surface area (Å²) in [4.78, 5) is 22.4. The van der Waals surface area contributed by atoms with Gasteiger partial charge in [-0.15, -0.1) is 0 Å². The summed E-state index contributed by atoms with van der Waals surface area (Å²) < 4.78 is 18.7. The van der Waals surface area contributed by atoms with Crippen LogP contribution < -0.4 is 15.1 Å². The highest BCUT2D eigenvalue weighted by Gasteiger charge is 2.33. The molecule has 0 unspecified atom stereocenters. The highest BCUT2D eigenvalue weighted by atomic mass is 19.1. The number of ether oxygens (including phenoxy) is 1. The smallest absolute Gasteiger partial charge is 0.230 e. The van der Waals surface area contributed by atoms with Gasteiger partial charge in [-0.2, -0.15) is 0 Å². The summed E-state index contributed by atoms with van der Waals surface area (Å²) in [5.41, 5.74) is 3.80. The Morgan fingerprint density at radius 2 is 2.06 bits per heavy atom. The number of carbonyl (C=O) groups is 1. The van der Waals surface area contributed by atoms with Gasteiger partial charge < -0.3 is 19.9 Å². The molecule has 5 rings (SSSR count). The van der Waals surface area contributed by atoms with Gasteiger partial charge in [-0.1, -0.05) is 6.07 Å². The number of benzene rings is 1. The van der Waals surface area contributed by atoms with Gasteiger partial charge in [0.05, 0.1) is 30.7 Å². The maximum atomic E-state index is 13.8. The molecular weight excluding hydrogens is 407 g/mol. The molecule has 1 saturated heterocycles. The van der Waals surface area contributed by atoms with Crippen molar-refractivity contribution in [2.45, 2.75) is 44.8 Å². The Hall–Kier alpha value is -2.67. The fourth-order valence-electron chi connectivity index (χ4n) is 5.26. The monoisotopic (exact) mass is 438 g/mol. The van der Waals surface area contributed by atoms with Crippen LogP contribution in [0.1, 0.15) is 37.7 Å². The molecule has 6 nitrogen and oxygen atoms in total. The minimum atomic E-state index is -0.279. The second-order valence-corrected chi connectivity index (χ2v) is 9.23. The first kappa shape index (κ1) is 21.2. The number of methoxy groups -OCH3 is 1. The van der Waals surface area contributed by atoms with E-state index in [-0.39, 0.29) is 30.5 Å². The SMILES string of the molecule is CO[C@H]1CC[C@H](C(=O)N2Cc3cccnc3Nc3ccc(N4CC[C@H](CF)C4)cc32)CC1. The predicted molar refractivity (Wildman–Crippen MR) is 124 cm³/mol. The van der Waals surface area contributed by atoms with Gasteiger partial charge >= 0.3 is 0 Å². The Labute approximate surface area is 188 Å². The van der Waals surface area contributed by atoms with Crippen molar-refractivity contribution in [3.63, 3.8) is 0 Å². The number of carbonyl (C=O) groups excluding carboxylic acids is 1. The average molecular weight is 439 g/mol. The number of amides is 1. The van der Waals surface area contributed by atoms with E-state index >= 15 is 0 Å². The zero-order chi connectivity index (χ0) is 22.1. The number of anilines is 4. The van der Waals surface area contributed by atoms with E-state index in [0.29, 0.717) is 6.54 Å². The third-order valence-corrected chi connectivity index (χ3v) is 7.24. The van der Waals surface area contributed by atoms with Crippen molar-refractivity contribution < 1.29 is 13.9 Å². The molecule has 1 N–H and O–H groups in total. The molecule has 2 aliphatic heterocycles. The lowest BCUT2D eigenvalue weighted by molar-refractivity contribution is -0.124. The standard InChI is InChI=1S/C25H31FN4O2/c1-32-21-7-4-18(5-8-21)25(31)30-16-19-3-2-11-27-24(19)28-22-9-6-20(13-23(22)30)29-12-10-17(14-26)15-29/h2-3,6,9,11,13,17-18,21H,4-5,7-8,10,12,14-16H2,1H3,(H,27,28)/t17-,18-,21-/m1/s1. The number of hydrogen-bond donors (Lipinski definition) is 1. The number of pyridine rings is 1. The number of aromatic nitrogens is 1. The maximum Gasteiger partial charge on any atom is 0.230 e. The van der Waals surface area contributed by atoms with Gasteiger partial charge in [-0.3, -0.25) is 9.18 Å². The first-order chi connectivity index (χ1) is 15.7. The summed E-state index contributed by atoms with van der Waals surface area (Å²) in [5.74, 6) is 1.05. The van der Waals surface area contributed by atoms with Gasteiger partial charge in [0.25, 0.3) is 0 Å². The first-order valence-corrected chi connectivity index (χ1v) is 11.7. The number of fused-ring (bicyclic) bond motifs is 2. The van der Waals surface area contributed by atoms with E-state index in [1.807, 2.05) is 23.1 Å². The maximum absolute atomic E-state index is 13.8. The van der Waals surface area contributed by atoms with Gasteiger partial charge in [-0.05, 0) is 56.4 Å². The topological polar surface area (TPSA) is 57.7 Å². The van der Waals surface area contributed by atoms with E-state index in [1.54, 1.807) is 13.3 Å². The van der Waals surface area contributed by atoms with Crippen LogP contribution in [0.25, 0.3) is 0 Å². The molecule has 0 radical (unpaired) electrons. The van der Waals surface area contributed by atoms with Crippen molar-refractivity contribution in [2.75, 3.05) is 42.0 Å². The van der Waals surface area contributed by atoms with E-state index in [0.717, 1.165) is 73.6 Å². The molecule has 170 valence electrons. The van der Waals surface area contributed by atoms with E-state index in [1.165, 1.54) is 0 Å². The van der Waals surface area contributed by atoms with E-state index in [4.69, 9.17) is 4.74 Å². The Morgan fingerprint density at radius 1 is 1.22 bits per heavy atom. The molecule has 1 aromatic carbocycles. The second-order valence-electron chi connectivity index (χ2n) is 9.23. The first-order valence-electron chi connectivity index (χ1n) is 11.7. The highest BCUT2D eigenvalue weighted by molar-refractivity contribution is 6.00. The molecule has 2 fully saturated rings. The van der Waals surface area contributed by atoms with Crippen LogP contribution in [0, 0.1) is 11.8 Å².